The Labute approximate surface area is 102 Å². The van der Waals surface area contributed by atoms with Gasteiger partial charge in [-0.1, -0.05) is 13.0 Å². The van der Waals surface area contributed by atoms with Crippen molar-refractivity contribution in [1.82, 2.24) is 9.88 Å². The van der Waals surface area contributed by atoms with Crippen molar-refractivity contribution in [2.75, 3.05) is 19.3 Å². The Bertz CT molecular complexity index is 311. The van der Waals surface area contributed by atoms with Crippen molar-refractivity contribution in [1.29, 1.82) is 0 Å². The van der Waals surface area contributed by atoms with Gasteiger partial charge >= 0.3 is 0 Å². The second-order valence-corrected chi connectivity index (χ2v) is 6.04. The molecule has 0 spiro atoms. The fraction of sp³-hybridized carbons (Fsp3) is 0.615. The number of pyridine rings is 1. The predicted octanol–water partition coefficient (Wildman–Crippen LogP) is 2.97. The van der Waals surface area contributed by atoms with Crippen LogP contribution in [0.4, 0.5) is 0 Å². The summed E-state index contributed by atoms with van der Waals surface area (Å²) in [6.07, 6.45) is 6.41. The summed E-state index contributed by atoms with van der Waals surface area (Å²) in [5.41, 5.74) is 1.36. The van der Waals surface area contributed by atoms with Gasteiger partial charge in [-0.3, -0.25) is 9.88 Å². The largest absolute Gasteiger partial charge is 0.299 e. The molecule has 3 heterocycles. The Kier molecular flexibility index (Phi) is 4.24. The summed E-state index contributed by atoms with van der Waals surface area (Å²) in [5, 5.41) is 1.000. The second-order valence-electron chi connectivity index (χ2n) is 4.57. The van der Waals surface area contributed by atoms with E-state index in [1.165, 1.54) is 30.7 Å². The number of aromatic nitrogens is 1. The Morgan fingerprint density at radius 3 is 2.69 bits per heavy atom. The van der Waals surface area contributed by atoms with Crippen LogP contribution in [0.25, 0.3) is 0 Å². The van der Waals surface area contributed by atoms with E-state index in [0.717, 1.165) is 5.25 Å². The lowest BCUT2D eigenvalue weighted by Crippen LogP contribution is -2.17. The average molecular weight is 236 g/mol. The molecule has 2 unspecified atom stereocenters. The molecule has 1 aromatic heterocycles. The molecule has 1 aromatic rings. The maximum Gasteiger partial charge on any atom is 0.0360 e. The lowest BCUT2D eigenvalue weighted by molar-refractivity contribution is 0.317. The molecule has 0 aromatic carbocycles. The summed E-state index contributed by atoms with van der Waals surface area (Å²) in [7, 11) is 2.19. The first-order valence-electron chi connectivity index (χ1n) is 5.99. The molecule has 2 fully saturated rings. The van der Waals surface area contributed by atoms with Gasteiger partial charge < -0.3 is 0 Å². The summed E-state index contributed by atoms with van der Waals surface area (Å²) >= 11 is 2.02. The Morgan fingerprint density at radius 2 is 2.25 bits per heavy atom. The van der Waals surface area contributed by atoms with E-state index >= 15 is 0 Å². The van der Waals surface area contributed by atoms with Crippen molar-refractivity contribution >= 4 is 11.8 Å². The first kappa shape index (κ1) is 11.9. The fourth-order valence-corrected chi connectivity index (χ4v) is 2.19. The van der Waals surface area contributed by atoms with Crippen molar-refractivity contribution in [2.45, 2.75) is 31.1 Å². The molecule has 16 heavy (non-hydrogen) atoms. The topological polar surface area (TPSA) is 16.1 Å². The molecule has 0 aliphatic carbocycles. The smallest absolute Gasteiger partial charge is 0.0360 e. The summed E-state index contributed by atoms with van der Waals surface area (Å²) < 4.78 is 0. The zero-order chi connectivity index (χ0) is 11.4. The molecule has 2 aliphatic heterocycles. The van der Waals surface area contributed by atoms with E-state index in [1.54, 1.807) is 0 Å². The van der Waals surface area contributed by atoms with Gasteiger partial charge in [0.1, 0.15) is 0 Å². The third-order valence-corrected chi connectivity index (χ3v) is 4.09. The summed E-state index contributed by atoms with van der Waals surface area (Å²) in [5.74, 6) is 1.40. The zero-order valence-electron chi connectivity index (χ0n) is 10.1. The first-order chi connectivity index (χ1) is 7.77. The van der Waals surface area contributed by atoms with E-state index in [1.807, 2.05) is 30.2 Å². The number of likely N-dealkylation sites (tertiary alicyclic amines) is 1. The van der Waals surface area contributed by atoms with Crippen LogP contribution in [-0.4, -0.2) is 34.5 Å². The van der Waals surface area contributed by atoms with Gasteiger partial charge in [0, 0.05) is 29.4 Å². The van der Waals surface area contributed by atoms with E-state index in [4.69, 9.17) is 0 Å². The molecule has 3 rings (SSSR count). The number of rotatable bonds is 1. The second kappa shape index (κ2) is 5.69. The van der Waals surface area contributed by atoms with Crippen LogP contribution in [0, 0.1) is 0 Å². The monoisotopic (exact) mass is 236 g/mol. The molecule has 88 valence electrons. The van der Waals surface area contributed by atoms with Crippen LogP contribution in [0.2, 0.25) is 0 Å². The van der Waals surface area contributed by atoms with Gasteiger partial charge in [0.2, 0.25) is 0 Å². The van der Waals surface area contributed by atoms with E-state index in [-0.39, 0.29) is 0 Å². The molecule has 2 nitrogen and oxygen atoms in total. The molecule has 2 aliphatic rings. The minimum absolute atomic E-state index is 0.610. The molecule has 0 radical (unpaired) electrons. The average Bonchev–Trinajstić information content (AvgIpc) is 2.96. The van der Waals surface area contributed by atoms with Crippen LogP contribution < -0.4 is 0 Å². The van der Waals surface area contributed by atoms with Gasteiger partial charge in [0.05, 0.1) is 0 Å². The molecular formula is C13H20N2S. The Balaban J connectivity index is 0.000000203. The van der Waals surface area contributed by atoms with Gasteiger partial charge in [-0.25, -0.2) is 0 Å². The normalized spacial score (nSPS) is 28.4. The van der Waals surface area contributed by atoms with E-state index in [9.17, 15) is 0 Å². The molecular weight excluding hydrogens is 216 g/mol. The van der Waals surface area contributed by atoms with Crippen LogP contribution in [0.1, 0.15) is 31.4 Å². The molecule has 0 N–H and O–H groups in total. The summed E-state index contributed by atoms with van der Waals surface area (Å²) in [6, 6.07) is 4.79. The fourth-order valence-electron chi connectivity index (χ4n) is 2.00. The van der Waals surface area contributed by atoms with Crippen molar-refractivity contribution in [2.24, 2.45) is 0 Å². The van der Waals surface area contributed by atoms with E-state index in [2.05, 4.69) is 29.9 Å². The molecule has 0 saturated carbocycles. The third-order valence-electron chi connectivity index (χ3n) is 3.09. The predicted molar refractivity (Wildman–Crippen MR) is 70.8 cm³/mol. The van der Waals surface area contributed by atoms with E-state index in [0.29, 0.717) is 6.04 Å². The van der Waals surface area contributed by atoms with Gasteiger partial charge in [-0.05, 0) is 38.1 Å². The number of hydrogen-bond acceptors (Lipinski definition) is 3. The van der Waals surface area contributed by atoms with Crippen LogP contribution >= 0.6 is 11.8 Å². The molecule has 0 bridgehead atoms. The van der Waals surface area contributed by atoms with Gasteiger partial charge in [0.25, 0.3) is 0 Å². The number of nitrogens with zero attached hydrogens (tertiary/aromatic N) is 2. The van der Waals surface area contributed by atoms with Crippen LogP contribution in [0.5, 0.6) is 0 Å². The Hall–Kier alpha value is -0.540. The van der Waals surface area contributed by atoms with Crippen LogP contribution in [0.15, 0.2) is 24.5 Å². The number of thioether (sulfide) groups is 1. The van der Waals surface area contributed by atoms with Gasteiger partial charge in [-0.15, -0.1) is 0 Å². The van der Waals surface area contributed by atoms with Crippen molar-refractivity contribution < 1.29 is 0 Å². The Morgan fingerprint density at radius 1 is 1.50 bits per heavy atom. The van der Waals surface area contributed by atoms with E-state index < -0.39 is 0 Å². The summed E-state index contributed by atoms with van der Waals surface area (Å²) in [6.45, 7) is 3.46. The molecule has 0 amide bonds. The maximum atomic E-state index is 4.14. The number of hydrogen-bond donors (Lipinski definition) is 0. The maximum absolute atomic E-state index is 4.14. The zero-order valence-corrected chi connectivity index (χ0v) is 10.9. The molecule has 2 atom stereocenters. The SMILES string of the molecule is CC1CS1.CN1CCCC1c1cccnc1. The first-order valence-corrected chi connectivity index (χ1v) is 7.04. The minimum Gasteiger partial charge on any atom is -0.299 e. The highest BCUT2D eigenvalue weighted by molar-refractivity contribution is 8.06. The standard InChI is InChI=1S/C10H14N2.C3H6S/c1-12-7-3-5-10(12)9-4-2-6-11-8-9;1-3-2-4-3/h2,4,6,8,10H,3,5,7H2,1H3;3H,2H2,1H3. The highest BCUT2D eigenvalue weighted by atomic mass is 32.2. The molecule has 2 saturated heterocycles. The van der Waals surface area contributed by atoms with Crippen molar-refractivity contribution in [3.63, 3.8) is 0 Å². The third kappa shape index (κ3) is 3.49. The lowest BCUT2D eigenvalue weighted by atomic mass is 10.1. The van der Waals surface area contributed by atoms with Crippen molar-refractivity contribution in [3.05, 3.63) is 30.1 Å². The summed E-state index contributed by atoms with van der Waals surface area (Å²) in [4.78, 5) is 6.54. The van der Waals surface area contributed by atoms with Gasteiger partial charge in [0.15, 0.2) is 0 Å². The van der Waals surface area contributed by atoms with Crippen molar-refractivity contribution in [3.8, 4) is 0 Å². The van der Waals surface area contributed by atoms with Crippen LogP contribution in [-0.2, 0) is 0 Å². The quantitative estimate of drug-likeness (QED) is 0.697. The van der Waals surface area contributed by atoms with Gasteiger partial charge in [-0.2, -0.15) is 11.8 Å². The lowest BCUT2D eigenvalue weighted by Gasteiger charge is -2.18. The highest BCUT2D eigenvalue weighted by Gasteiger charge is 2.21. The highest BCUT2D eigenvalue weighted by Crippen LogP contribution is 2.29. The van der Waals surface area contributed by atoms with Crippen LogP contribution in [0.3, 0.4) is 0 Å². The minimum atomic E-state index is 0.610. The molecule has 3 heteroatoms.